The first-order valence-electron chi connectivity index (χ1n) is 5.37. The smallest absolute Gasteiger partial charge is 0.0912 e. The summed E-state index contributed by atoms with van der Waals surface area (Å²) in [5, 5.41) is 9.54. The van der Waals surface area contributed by atoms with Crippen LogP contribution in [0.15, 0.2) is 24.3 Å². The van der Waals surface area contributed by atoms with Crippen molar-refractivity contribution in [2.45, 2.75) is 18.4 Å². The van der Waals surface area contributed by atoms with Crippen molar-refractivity contribution in [1.82, 2.24) is 0 Å². The molecule has 15 heavy (non-hydrogen) atoms. The van der Waals surface area contributed by atoms with Crippen LogP contribution in [0, 0.1) is 0 Å². The standard InChI is InChI=1S/C12H17NO2/c13-7-12(14)10-3-1-9(2-4-10)11-5-6-15-8-11/h1-4,11-12,14H,5-8,13H2. The fourth-order valence-electron chi connectivity index (χ4n) is 1.92. The molecule has 0 aliphatic carbocycles. The summed E-state index contributed by atoms with van der Waals surface area (Å²) in [4.78, 5) is 0. The Bertz CT molecular complexity index is 304. The Hall–Kier alpha value is -0.900. The normalized spacial score (nSPS) is 22.9. The Morgan fingerprint density at radius 3 is 2.67 bits per heavy atom. The molecule has 3 N–H and O–H groups in total. The van der Waals surface area contributed by atoms with Crippen LogP contribution >= 0.6 is 0 Å². The van der Waals surface area contributed by atoms with Crippen LogP contribution in [0.4, 0.5) is 0 Å². The third-order valence-electron chi connectivity index (χ3n) is 2.95. The topological polar surface area (TPSA) is 55.5 Å². The van der Waals surface area contributed by atoms with Gasteiger partial charge in [0.25, 0.3) is 0 Å². The molecule has 1 aromatic carbocycles. The average molecular weight is 207 g/mol. The molecule has 1 heterocycles. The third-order valence-corrected chi connectivity index (χ3v) is 2.95. The van der Waals surface area contributed by atoms with Gasteiger partial charge in [-0.1, -0.05) is 24.3 Å². The molecule has 0 bridgehead atoms. The summed E-state index contributed by atoms with van der Waals surface area (Å²) in [6, 6.07) is 8.03. The molecule has 82 valence electrons. The number of hydrogen-bond acceptors (Lipinski definition) is 3. The van der Waals surface area contributed by atoms with Crippen LogP contribution in [0.1, 0.15) is 29.6 Å². The van der Waals surface area contributed by atoms with E-state index in [1.807, 2.05) is 12.1 Å². The summed E-state index contributed by atoms with van der Waals surface area (Å²) >= 11 is 0. The van der Waals surface area contributed by atoms with E-state index in [2.05, 4.69) is 12.1 Å². The van der Waals surface area contributed by atoms with E-state index < -0.39 is 6.10 Å². The van der Waals surface area contributed by atoms with Crippen LogP contribution in [0.2, 0.25) is 0 Å². The molecule has 3 nitrogen and oxygen atoms in total. The quantitative estimate of drug-likeness (QED) is 0.782. The monoisotopic (exact) mass is 207 g/mol. The van der Waals surface area contributed by atoms with Crippen LogP contribution in [-0.2, 0) is 4.74 Å². The van der Waals surface area contributed by atoms with Gasteiger partial charge in [0.05, 0.1) is 12.7 Å². The van der Waals surface area contributed by atoms with Crippen molar-refractivity contribution >= 4 is 0 Å². The zero-order valence-electron chi connectivity index (χ0n) is 8.73. The van der Waals surface area contributed by atoms with Crippen LogP contribution < -0.4 is 5.73 Å². The Morgan fingerprint density at radius 1 is 1.40 bits per heavy atom. The first kappa shape index (κ1) is 10.6. The second-order valence-corrected chi connectivity index (χ2v) is 3.98. The van der Waals surface area contributed by atoms with E-state index in [0.29, 0.717) is 5.92 Å². The fourth-order valence-corrected chi connectivity index (χ4v) is 1.92. The van der Waals surface area contributed by atoms with Gasteiger partial charge in [0.2, 0.25) is 0 Å². The molecule has 0 spiro atoms. The molecule has 1 aliphatic rings. The van der Waals surface area contributed by atoms with Gasteiger partial charge in [-0.3, -0.25) is 0 Å². The molecular weight excluding hydrogens is 190 g/mol. The molecule has 0 saturated carbocycles. The minimum atomic E-state index is -0.543. The Labute approximate surface area is 89.9 Å². The molecule has 1 saturated heterocycles. The fraction of sp³-hybridized carbons (Fsp3) is 0.500. The van der Waals surface area contributed by atoms with Gasteiger partial charge < -0.3 is 15.6 Å². The van der Waals surface area contributed by atoms with E-state index in [4.69, 9.17) is 10.5 Å². The van der Waals surface area contributed by atoms with E-state index in [1.165, 1.54) is 5.56 Å². The van der Waals surface area contributed by atoms with Gasteiger partial charge >= 0.3 is 0 Å². The van der Waals surface area contributed by atoms with Crippen molar-refractivity contribution in [3.8, 4) is 0 Å². The van der Waals surface area contributed by atoms with Gasteiger partial charge in [0.15, 0.2) is 0 Å². The summed E-state index contributed by atoms with van der Waals surface area (Å²) < 4.78 is 5.34. The summed E-state index contributed by atoms with van der Waals surface area (Å²) in [5.74, 6) is 0.522. The van der Waals surface area contributed by atoms with Crippen LogP contribution in [0.3, 0.4) is 0 Å². The maximum Gasteiger partial charge on any atom is 0.0912 e. The molecule has 2 unspecified atom stereocenters. The van der Waals surface area contributed by atoms with Crippen molar-refractivity contribution in [2.75, 3.05) is 19.8 Å². The second-order valence-electron chi connectivity index (χ2n) is 3.98. The van der Waals surface area contributed by atoms with Gasteiger partial charge in [-0.15, -0.1) is 0 Å². The largest absolute Gasteiger partial charge is 0.387 e. The Balaban J connectivity index is 2.09. The second kappa shape index (κ2) is 4.75. The van der Waals surface area contributed by atoms with E-state index >= 15 is 0 Å². The highest BCUT2D eigenvalue weighted by Crippen LogP contribution is 2.26. The predicted molar refractivity (Wildman–Crippen MR) is 58.6 cm³/mol. The van der Waals surface area contributed by atoms with Crippen LogP contribution in [0.5, 0.6) is 0 Å². The summed E-state index contributed by atoms with van der Waals surface area (Å²) in [6.45, 7) is 1.95. The molecule has 1 aromatic rings. The van der Waals surface area contributed by atoms with E-state index in [-0.39, 0.29) is 6.54 Å². The minimum Gasteiger partial charge on any atom is -0.387 e. The minimum absolute atomic E-state index is 0.270. The third kappa shape index (κ3) is 2.37. The van der Waals surface area contributed by atoms with Crippen molar-refractivity contribution in [2.24, 2.45) is 5.73 Å². The number of hydrogen-bond donors (Lipinski definition) is 2. The van der Waals surface area contributed by atoms with Crippen LogP contribution in [0.25, 0.3) is 0 Å². The molecule has 3 heteroatoms. The molecule has 0 radical (unpaired) electrons. The number of ether oxygens (including phenoxy) is 1. The molecule has 0 aromatic heterocycles. The van der Waals surface area contributed by atoms with Crippen molar-refractivity contribution in [3.05, 3.63) is 35.4 Å². The van der Waals surface area contributed by atoms with Crippen molar-refractivity contribution in [3.63, 3.8) is 0 Å². The maximum absolute atomic E-state index is 9.54. The molecule has 0 amide bonds. The van der Waals surface area contributed by atoms with Gasteiger partial charge in [0.1, 0.15) is 0 Å². The summed E-state index contributed by atoms with van der Waals surface area (Å²) in [5.41, 5.74) is 7.58. The number of nitrogens with two attached hydrogens (primary N) is 1. The maximum atomic E-state index is 9.54. The zero-order chi connectivity index (χ0) is 10.7. The Morgan fingerprint density at radius 2 is 2.13 bits per heavy atom. The SMILES string of the molecule is NCC(O)c1ccc(C2CCOC2)cc1. The van der Waals surface area contributed by atoms with Gasteiger partial charge in [-0.05, 0) is 17.5 Å². The van der Waals surface area contributed by atoms with E-state index in [0.717, 1.165) is 25.2 Å². The van der Waals surface area contributed by atoms with Gasteiger partial charge in [0, 0.05) is 19.1 Å². The van der Waals surface area contributed by atoms with Gasteiger partial charge in [-0.2, -0.15) is 0 Å². The lowest BCUT2D eigenvalue weighted by molar-refractivity contribution is 0.186. The highest BCUT2D eigenvalue weighted by atomic mass is 16.5. The predicted octanol–water partition coefficient (Wildman–Crippen LogP) is 1.18. The molecule has 2 atom stereocenters. The first-order chi connectivity index (χ1) is 7.31. The van der Waals surface area contributed by atoms with Crippen LogP contribution in [-0.4, -0.2) is 24.9 Å². The highest BCUT2D eigenvalue weighted by Gasteiger charge is 2.17. The zero-order valence-corrected chi connectivity index (χ0v) is 8.73. The van der Waals surface area contributed by atoms with Crippen molar-refractivity contribution < 1.29 is 9.84 Å². The van der Waals surface area contributed by atoms with E-state index in [9.17, 15) is 5.11 Å². The first-order valence-corrected chi connectivity index (χ1v) is 5.37. The lowest BCUT2D eigenvalue weighted by Gasteiger charge is -2.11. The average Bonchev–Trinajstić information content (AvgIpc) is 2.82. The highest BCUT2D eigenvalue weighted by molar-refractivity contribution is 5.27. The number of aliphatic hydroxyl groups is 1. The molecule has 2 rings (SSSR count). The Kier molecular flexibility index (Phi) is 3.36. The van der Waals surface area contributed by atoms with E-state index in [1.54, 1.807) is 0 Å². The lowest BCUT2D eigenvalue weighted by Crippen LogP contribution is -2.11. The van der Waals surface area contributed by atoms with Crippen molar-refractivity contribution in [1.29, 1.82) is 0 Å². The molecular formula is C12H17NO2. The lowest BCUT2D eigenvalue weighted by atomic mass is 9.96. The number of rotatable bonds is 3. The number of benzene rings is 1. The van der Waals surface area contributed by atoms with Gasteiger partial charge in [-0.25, -0.2) is 0 Å². The molecule has 1 aliphatic heterocycles. The summed E-state index contributed by atoms with van der Waals surface area (Å²) in [6.07, 6.45) is 0.553. The summed E-state index contributed by atoms with van der Waals surface area (Å²) in [7, 11) is 0. The molecule has 1 fully saturated rings. The number of aliphatic hydroxyl groups excluding tert-OH is 1.